The lowest BCUT2D eigenvalue weighted by Crippen LogP contribution is -2.39. The van der Waals surface area contributed by atoms with E-state index in [1.807, 2.05) is 31.2 Å². The highest BCUT2D eigenvalue weighted by molar-refractivity contribution is 7.80. The molecule has 1 fully saturated rings. The summed E-state index contributed by atoms with van der Waals surface area (Å²) in [4.78, 5) is 4.19. The summed E-state index contributed by atoms with van der Waals surface area (Å²) in [5.41, 5.74) is 2.87. The number of aryl methyl sites for hydroxylation is 1. The fourth-order valence-corrected chi connectivity index (χ4v) is 3.56. The van der Waals surface area contributed by atoms with E-state index in [2.05, 4.69) is 22.5 Å². The third kappa shape index (κ3) is 2.67. The molecule has 2 atom stereocenters. The number of hydrogen-bond donors (Lipinski definition) is 2. The molecule has 0 amide bonds. The topological polar surface area (TPSA) is 37.0 Å². The van der Waals surface area contributed by atoms with Gasteiger partial charge in [0.2, 0.25) is 0 Å². The molecule has 6 heteroatoms. The van der Waals surface area contributed by atoms with Crippen LogP contribution in [0.2, 0.25) is 10.2 Å². The van der Waals surface area contributed by atoms with Crippen LogP contribution in [0.25, 0.3) is 0 Å². The van der Waals surface area contributed by atoms with Crippen LogP contribution in [0, 0.1) is 6.92 Å². The normalized spacial score (nSPS) is 24.0. The molecule has 0 spiro atoms. The van der Waals surface area contributed by atoms with Crippen LogP contribution in [0.1, 0.15) is 29.7 Å². The number of hydrogen-bond acceptors (Lipinski definition) is 2. The Morgan fingerprint density at radius 3 is 2.64 bits per heavy atom. The van der Waals surface area contributed by atoms with Gasteiger partial charge in [0.1, 0.15) is 5.15 Å². The van der Waals surface area contributed by atoms with Crippen molar-refractivity contribution in [3.63, 3.8) is 0 Å². The van der Waals surface area contributed by atoms with Gasteiger partial charge in [0.15, 0.2) is 5.11 Å². The molecule has 1 aromatic heterocycles. The fraction of sp³-hybridized carbons (Fsp3) is 0.250. The van der Waals surface area contributed by atoms with Gasteiger partial charge in [-0.25, -0.2) is 4.98 Å². The molecule has 1 aliphatic rings. The Morgan fingerprint density at radius 1 is 1.23 bits per heavy atom. The van der Waals surface area contributed by atoms with E-state index >= 15 is 0 Å². The lowest BCUT2D eigenvalue weighted by molar-refractivity contribution is 0.376. The standard InChI is InChI=1S/C16H15Cl2N3S/c1-9-7-11(17)4-5-12(9)14-16(2,21-15(22)20-14)10-3-6-13(18)19-8-10/h3-8,14H,1-2H3,(H2,20,21,22)/t14-,16+/m0/s1. The zero-order chi connectivity index (χ0) is 15.9. The van der Waals surface area contributed by atoms with Gasteiger partial charge in [-0.05, 0) is 61.0 Å². The molecule has 1 aromatic carbocycles. The van der Waals surface area contributed by atoms with Crippen LogP contribution in [-0.4, -0.2) is 10.1 Å². The van der Waals surface area contributed by atoms with Gasteiger partial charge in [0.05, 0.1) is 11.6 Å². The van der Waals surface area contributed by atoms with Crippen molar-refractivity contribution in [3.05, 3.63) is 63.4 Å². The summed E-state index contributed by atoms with van der Waals surface area (Å²) in [6.07, 6.45) is 1.78. The molecule has 2 N–H and O–H groups in total. The Labute approximate surface area is 145 Å². The smallest absolute Gasteiger partial charge is 0.167 e. The highest BCUT2D eigenvalue weighted by Crippen LogP contribution is 2.39. The predicted molar refractivity (Wildman–Crippen MR) is 94.4 cm³/mol. The molecule has 22 heavy (non-hydrogen) atoms. The molecule has 1 saturated heterocycles. The van der Waals surface area contributed by atoms with Crippen molar-refractivity contribution in [1.82, 2.24) is 15.6 Å². The molecule has 0 aliphatic carbocycles. The van der Waals surface area contributed by atoms with Gasteiger partial charge in [0, 0.05) is 11.2 Å². The molecule has 0 unspecified atom stereocenters. The van der Waals surface area contributed by atoms with Gasteiger partial charge < -0.3 is 10.6 Å². The Balaban J connectivity index is 2.08. The number of rotatable bonds is 2. The van der Waals surface area contributed by atoms with Gasteiger partial charge in [0.25, 0.3) is 0 Å². The van der Waals surface area contributed by atoms with E-state index in [-0.39, 0.29) is 6.04 Å². The fourth-order valence-electron chi connectivity index (χ4n) is 2.89. The summed E-state index contributed by atoms with van der Waals surface area (Å²) in [5, 5.41) is 8.53. The minimum absolute atomic E-state index is 0.0137. The number of pyridine rings is 1. The lowest BCUT2D eigenvalue weighted by Gasteiger charge is -2.32. The second-order valence-corrected chi connectivity index (χ2v) is 6.84. The summed E-state index contributed by atoms with van der Waals surface area (Å²) < 4.78 is 0. The maximum atomic E-state index is 6.07. The number of benzene rings is 1. The third-order valence-electron chi connectivity index (χ3n) is 4.10. The number of nitrogens with one attached hydrogen (secondary N) is 2. The average molecular weight is 352 g/mol. The molecule has 0 radical (unpaired) electrons. The highest BCUT2D eigenvalue weighted by Gasteiger charge is 2.44. The molecule has 1 aliphatic heterocycles. The molecule has 2 heterocycles. The van der Waals surface area contributed by atoms with Gasteiger partial charge in [-0.1, -0.05) is 35.3 Å². The Bertz CT molecular complexity index is 733. The molecule has 0 saturated carbocycles. The zero-order valence-electron chi connectivity index (χ0n) is 12.2. The third-order valence-corrected chi connectivity index (χ3v) is 4.77. The second kappa shape index (κ2) is 5.69. The molecule has 0 bridgehead atoms. The number of halogens is 2. The quantitative estimate of drug-likeness (QED) is 0.630. The maximum absolute atomic E-state index is 6.07. The van der Waals surface area contributed by atoms with Crippen LogP contribution >= 0.6 is 35.4 Å². The van der Waals surface area contributed by atoms with Gasteiger partial charge >= 0.3 is 0 Å². The van der Waals surface area contributed by atoms with Crippen LogP contribution in [-0.2, 0) is 5.54 Å². The monoisotopic (exact) mass is 351 g/mol. The Morgan fingerprint density at radius 2 is 2.00 bits per heavy atom. The minimum Gasteiger partial charge on any atom is -0.353 e. The van der Waals surface area contributed by atoms with Crippen molar-refractivity contribution in [1.29, 1.82) is 0 Å². The molecular formula is C16H15Cl2N3S. The summed E-state index contributed by atoms with van der Waals surface area (Å²) >= 11 is 17.3. The summed E-state index contributed by atoms with van der Waals surface area (Å²) in [6.45, 7) is 4.15. The van der Waals surface area contributed by atoms with E-state index in [0.29, 0.717) is 10.3 Å². The van der Waals surface area contributed by atoms with E-state index < -0.39 is 5.54 Å². The second-order valence-electron chi connectivity index (χ2n) is 5.60. The number of nitrogens with zero attached hydrogens (tertiary/aromatic N) is 1. The average Bonchev–Trinajstić information content (AvgIpc) is 2.75. The van der Waals surface area contributed by atoms with E-state index in [1.54, 1.807) is 12.3 Å². The predicted octanol–water partition coefficient (Wildman–Crippen LogP) is 4.13. The summed E-state index contributed by atoms with van der Waals surface area (Å²) in [5.74, 6) is 0. The number of aromatic nitrogens is 1. The van der Waals surface area contributed by atoms with E-state index in [0.717, 1.165) is 21.7 Å². The first-order valence-corrected chi connectivity index (χ1v) is 8.03. The van der Waals surface area contributed by atoms with E-state index in [4.69, 9.17) is 35.4 Å². The molecule has 114 valence electrons. The van der Waals surface area contributed by atoms with Gasteiger partial charge in [-0.2, -0.15) is 0 Å². The first-order chi connectivity index (χ1) is 10.4. The van der Waals surface area contributed by atoms with Crippen LogP contribution < -0.4 is 10.6 Å². The number of thiocarbonyl (C=S) groups is 1. The largest absolute Gasteiger partial charge is 0.353 e. The summed E-state index contributed by atoms with van der Waals surface area (Å²) in [7, 11) is 0. The van der Waals surface area contributed by atoms with Crippen molar-refractivity contribution in [2.45, 2.75) is 25.4 Å². The minimum atomic E-state index is -0.409. The van der Waals surface area contributed by atoms with Crippen molar-refractivity contribution in [2.75, 3.05) is 0 Å². The Hall–Kier alpha value is -1.36. The first kappa shape index (κ1) is 15.5. The van der Waals surface area contributed by atoms with Crippen LogP contribution in [0.15, 0.2) is 36.5 Å². The van der Waals surface area contributed by atoms with Crippen molar-refractivity contribution in [3.8, 4) is 0 Å². The zero-order valence-corrected chi connectivity index (χ0v) is 14.5. The molecule has 2 aromatic rings. The summed E-state index contributed by atoms with van der Waals surface area (Å²) in [6, 6.07) is 9.63. The molecule has 3 rings (SSSR count). The van der Waals surface area contributed by atoms with Crippen molar-refractivity contribution >= 4 is 40.5 Å². The van der Waals surface area contributed by atoms with Crippen molar-refractivity contribution < 1.29 is 0 Å². The van der Waals surface area contributed by atoms with Crippen LogP contribution in [0.4, 0.5) is 0 Å². The first-order valence-electron chi connectivity index (χ1n) is 6.87. The van der Waals surface area contributed by atoms with Crippen molar-refractivity contribution in [2.24, 2.45) is 0 Å². The van der Waals surface area contributed by atoms with Gasteiger partial charge in [-0.15, -0.1) is 0 Å². The Kier molecular flexibility index (Phi) is 4.02. The maximum Gasteiger partial charge on any atom is 0.167 e. The SMILES string of the molecule is Cc1cc(Cl)ccc1[C@@H]1NC(=S)N[C@]1(C)c1ccc(Cl)nc1. The molecule has 3 nitrogen and oxygen atoms in total. The molecular weight excluding hydrogens is 337 g/mol. The van der Waals surface area contributed by atoms with Gasteiger partial charge in [-0.3, -0.25) is 0 Å². The van der Waals surface area contributed by atoms with Crippen LogP contribution in [0.5, 0.6) is 0 Å². The van der Waals surface area contributed by atoms with Crippen LogP contribution in [0.3, 0.4) is 0 Å². The highest BCUT2D eigenvalue weighted by atomic mass is 35.5. The van der Waals surface area contributed by atoms with E-state index in [9.17, 15) is 0 Å². The van der Waals surface area contributed by atoms with E-state index in [1.165, 1.54) is 0 Å². The lowest BCUT2D eigenvalue weighted by atomic mass is 9.82.